The number of nitrogens with one attached hydrogen (secondary N) is 1. The van der Waals surface area contributed by atoms with Gasteiger partial charge in [0.05, 0.1) is 23.2 Å². The number of aromatic nitrogens is 2. The molecule has 0 bridgehead atoms. The molecule has 1 aromatic rings. The van der Waals surface area contributed by atoms with Crippen LogP contribution in [0.15, 0.2) is 6.20 Å². The lowest BCUT2D eigenvalue weighted by Crippen LogP contribution is -2.30. The molecule has 2 rings (SSSR count). The monoisotopic (exact) mass is 251 g/mol. The van der Waals surface area contributed by atoms with E-state index >= 15 is 0 Å². The van der Waals surface area contributed by atoms with Gasteiger partial charge in [-0.15, -0.1) is 0 Å². The normalized spacial score (nSPS) is 23.0. The van der Waals surface area contributed by atoms with Gasteiger partial charge in [-0.3, -0.25) is 14.3 Å². The third-order valence-electron chi connectivity index (χ3n) is 3.44. The fourth-order valence-electron chi connectivity index (χ4n) is 2.52. The highest BCUT2D eigenvalue weighted by molar-refractivity contribution is 5.95. The van der Waals surface area contributed by atoms with Gasteiger partial charge in [-0.2, -0.15) is 5.10 Å². The fraction of sp³-hybridized carbons (Fsp3) is 0.583. The molecule has 1 saturated carbocycles. The first kappa shape index (κ1) is 12.6. The highest BCUT2D eigenvalue weighted by Crippen LogP contribution is 2.33. The Labute approximate surface area is 105 Å². The van der Waals surface area contributed by atoms with Crippen molar-refractivity contribution in [1.82, 2.24) is 9.78 Å². The summed E-state index contributed by atoms with van der Waals surface area (Å²) in [7, 11) is 1.78. The van der Waals surface area contributed by atoms with Gasteiger partial charge in [-0.05, 0) is 19.8 Å². The van der Waals surface area contributed by atoms with E-state index in [1.807, 2.05) is 0 Å². The van der Waals surface area contributed by atoms with Crippen LogP contribution in [-0.2, 0) is 16.6 Å². The first-order chi connectivity index (χ1) is 8.49. The second-order valence-corrected chi connectivity index (χ2v) is 4.77. The maximum atomic E-state index is 12.1. The summed E-state index contributed by atoms with van der Waals surface area (Å²) in [5, 5.41) is 16.0. The largest absolute Gasteiger partial charge is 0.481 e. The molecular weight excluding hydrogens is 234 g/mol. The van der Waals surface area contributed by atoms with Crippen molar-refractivity contribution in [2.45, 2.75) is 26.2 Å². The van der Waals surface area contributed by atoms with Gasteiger partial charge in [-0.1, -0.05) is 6.42 Å². The standard InChI is InChI=1S/C12H17N3O3/c1-7-10(6-15(2)14-7)13-11(16)8-4-3-5-9(8)12(17)18/h6,8-9H,3-5H2,1-2H3,(H,13,16)(H,17,18)/t8-,9+/m1/s1. The van der Waals surface area contributed by atoms with Gasteiger partial charge in [0.2, 0.25) is 5.91 Å². The maximum absolute atomic E-state index is 12.1. The van der Waals surface area contributed by atoms with E-state index in [1.54, 1.807) is 24.9 Å². The molecule has 1 fully saturated rings. The maximum Gasteiger partial charge on any atom is 0.307 e. The van der Waals surface area contributed by atoms with Crippen LogP contribution in [-0.4, -0.2) is 26.8 Å². The number of carboxylic acids is 1. The molecule has 0 aliphatic heterocycles. The Morgan fingerprint density at radius 3 is 2.67 bits per heavy atom. The van der Waals surface area contributed by atoms with E-state index in [0.717, 1.165) is 12.1 Å². The minimum atomic E-state index is -0.879. The minimum Gasteiger partial charge on any atom is -0.481 e. The average molecular weight is 251 g/mol. The topological polar surface area (TPSA) is 84.2 Å². The van der Waals surface area contributed by atoms with Crippen LogP contribution in [0.2, 0.25) is 0 Å². The van der Waals surface area contributed by atoms with Crippen LogP contribution < -0.4 is 5.32 Å². The summed E-state index contributed by atoms with van der Waals surface area (Å²) >= 11 is 0. The van der Waals surface area contributed by atoms with Gasteiger partial charge >= 0.3 is 5.97 Å². The molecule has 0 unspecified atom stereocenters. The number of aryl methyl sites for hydroxylation is 2. The zero-order valence-corrected chi connectivity index (χ0v) is 10.5. The van der Waals surface area contributed by atoms with Crippen LogP contribution in [0.1, 0.15) is 25.0 Å². The Morgan fingerprint density at radius 2 is 2.11 bits per heavy atom. The van der Waals surface area contributed by atoms with Crippen molar-refractivity contribution in [2.75, 3.05) is 5.32 Å². The second-order valence-electron chi connectivity index (χ2n) is 4.77. The van der Waals surface area contributed by atoms with Crippen molar-refractivity contribution in [3.63, 3.8) is 0 Å². The van der Waals surface area contributed by atoms with Crippen LogP contribution in [0.3, 0.4) is 0 Å². The molecule has 98 valence electrons. The van der Waals surface area contributed by atoms with E-state index in [-0.39, 0.29) is 5.91 Å². The van der Waals surface area contributed by atoms with Gasteiger partial charge in [-0.25, -0.2) is 0 Å². The smallest absolute Gasteiger partial charge is 0.307 e. The second kappa shape index (κ2) is 4.80. The molecule has 1 amide bonds. The Bertz CT molecular complexity index is 481. The summed E-state index contributed by atoms with van der Waals surface area (Å²) in [4.78, 5) is 23.1. The lowest BCUT2D eigenvalue weighted by atomic mass is 9.95. The molecule has 18 heavy (non-hydrogen) atoms. The lowest BCUT2D eigenvalue weighted by Gasteiger charge is -2.14. The number of hydrogen-bond donors (Lipinski definition) is 2. The zero-order chi connectivity index (χ0) is 13.3. The molecular formula is C12H17N3O3. The van der Waals surface area contributed by atoms with Crippen molar-refractivity contribution in [1.29, 1.82) is 0 Å². The number of hydrogen-bond acceptors (Lipinski definition) is 3. The van der Waals surface area contributed by atoms with E-state index in [2.05, 4.69) is 10.4 Å². The van der Waals surface area contributed by atoms with Gasteiger partial charge in [0.1, 0.15) is 0 Å². The Balaban J connectivity index is 2.08. The van der Waals surface area contributed by atoms with Crippen LogP contribution in [0.25, 0.3) is 0 Å². The van der Waals surface area contributed by atoms with E-state index in [4.69, 9.17) is 5.11 Å². The Hall–Kier alpha value is -1.85. The molecule has 0 aromatic carbocycles. The van der Waals surface area contributed by atoms with Gasteiger partial charge in [0.25, 0.3) is 0 Å². The van der Waals surface area contributed by atoms with Gasteiger partial charge < -0.3 is 10.4 Å². The predicted octanol–water partition coefficient (Wildman–Crippen LogP) is 1.17. The molecule has 1 aliphatic rings. The zero-order valence-electron chi connectivity index (χ0n) is 10.5. The minimum absolute atomic E-state index is 0.212. The van der Waals surface area contributed by atoms with Crippen LogP contribution in [0.5, 0.6) is 0 Å². The number of carbonyl (C=O) groups is 2. The number of nitrogens with zero attached hydrogens (tertiary/aromatic N) is 2. The molecule has 6 heteroatoms. The molecule has 6 nitrogen and oxygen atoms in total. The molecule has 0 spiro atoms. The molecule has 0 saturated heterocycles. The van der Waals surface area contributed by atoms with Crippen molar-refractivity contribution in [3.05, 3.63) is 11.9 Å². The molecule has 0 radical (unpaired) electrons. The summed E-state index contributed by atoms with van der Waals surface area (Å²) in [5.41, 5.74) is 1.38. The van der Waals surface area contributed by atoms with Crippen molar-refractivity contribution in [3.8, 4) is 0 Å². The van der Waals surface area contributed by atoms with E-state index in [9.17, 15) is 9.59 Å². The van der Waals surface area contributed by atoms with Crippen LogP contribution in [0.4, 0.5) is 5.69 Å². The molecule has 1 aliphatic carbocycles. The summed E-state index contributed by atoms with van der Waals surface area (Å²) in [6.07, 6.45) is 3.74. The summed E-state index contributed by atoms with van der Waals surface area (Å²) in [6.45, 7) is 1.80. The Morgan fingerprint density at radius 1 is 1.44 bits per heavy atom. The first-order valence-corrected chi connectivity index (χ1v) is 6.03. The molecule has 1 aromatic heterocycles. The third-order valence-corrected chi connectivity index (χ3v) is 3.44. The highest BCUT2D eigenvalue weighted by Gasteiger charge is 2.37. The molecule has 2 atom stereocenters. The Kier molecular flexibility index (Phi) is 3.36. The summed E-state index contributed by atoms with van der Waals surface area (Å²) in [5.74, 6) is -2.07. The number of carboxylic acid groups (broad SMARTS) is 1. The van der Waals surface area contributed by atoms with Gasteiger partial charge in [0, 0.05) is 13.2 Å². The summed E-state index contributed by atoms with van der Waals surface area (Å²) < 4.78 is 1.62. The van der Waals surface area contributed by atoms with Gasteiger partial charge in [0.15, 0.2) is 0 Å². The van der Waals surface area contributed by atoms with E-state index in [1.165, 1.54) is 0 Å². The van der Waals surface area contributed by atoms with E-state index < -0.39 is 17.8 Å². The first-order valence-electron chi connectivity index (χ1n) is 6.03. The summed E-state index contributed by atoms with van der Waals surface area (Å²) in [6, 6.07) is 0. The SMILES string of the molecule is Cc1nn(C)cc1NC(=O)[C@@H]1CCC[C@@H]1C(=O)O. The highest BCUT2D eigenvalue weighted by atomic mass is 16.4. The number of carbonyl (C=O) groups excluding carboxylic acids is 1. The van der Waals surface area contributed by atoms with Crippen LogP contribution >= 0.6 is 0 Å². The van der Waals surface area contributed by atoms with Crippen molar-refractivity contribution in [2.24, 2.45) is 18.9 Å². The molecule has 2 N–H and O–H groups in total. The predicted molar refractivity (Wildman–Crippen MR) is 65.0 cm³/mol. The number of amides is 1. The molecule has 1 heterocycles. The fourth-order valence-corrected chi connectivity index (χ4v) is 2.52. The third kappa shape index (κ3) is 2.37. The average Bonchev–Trinajstić information content (AvgIpc) is 2.86. The number of aliphatic carboxylic acids is 1. The number of rotatable bonds is 3. The van der Waals surface area contributed by atoms with Crippen LogP contribution in [0, 0.1) is 18.8 Å². The van der Waals surface area contributed by atoms with Crippen molar-refractivity contribution >= 4 is 17.6 Å². The number of anilines is 1. The lowest BCUT2D eigenvalue weighted by molar-refractivity contribution is -0.145. The quantitative estimate of drug-likeness (QED) is 0.844. The van der Waals surface area contributed by atoms with E-state index in [0.29, 0.717) is 18.5 Å². The van der Waals surface area contributed by atoms with Crippen molar-refractivity contribution < 1.29 is 14.7 Å².